The summed E-state index contributed by atoms with van der Waals surface area (Å²) in [6.07, 6.45) is 0. The third-order valence-electron chi connectivity index (χ3n) is 4.98. The number of rotatable bonds is 0. The molecule has 6 rings (SSSR count). The molecule has 0 saturated heterocycles. The molecule has 0 atom stereocenters. The zero-order valence-corrected chi connectivity index (χ0v) is 16.4. The number of benzene rings is 4. The Morgan fingerprint density at radius 1 is 0.583 bits per heavy atom. The van der Waals surface area contributed by atoms with Gasteiger partial charge in [-0.25, -0.2) is 0 Å². The van der Waals surface area contributed by atoms with Crippen LogP contribution < -0.4 is 0 Å². The summed E-state index contributed by atoms with van der Waals surface area (Å²) in [5, 5.41) is 8.76. The third-order valence-corrected chi connectivity index (χ3v) is 10.00. The predicted molar refractivity (Wildman–Crippen MR) is 112 cm³/mol. The predicted octanol–water partition coefficient (Wildman–Crippen LogP) is 7.99. The van der Waals surface area contributed by atoms with E-state index in [2.05, 4.69) is 50.2 Å². The van der Waals surface area contributed by atoms with Crippen molar-refractivity contribution in [2.24, 2.45) is 0 Å². The lowest BCUT2D eigenvalue weighted by Gasteiger charge is -2.12. The first kappa shape index (κ1) is 14.3. The SMILES string of the molecule is Cc1ccc2c3c4c(c5c(C)cccc5c5c4c(c2c1)SS5)SS3. The van der Waals surface area contributed by atoms with Gasteiger partial charge in [0.05, 0.1) is 0 Å². The quantitative estimate of drug-likeness (QED) is 0.224. The number of hydrogen-bond donors (Lipinski definition) is 0. The monoisotopic (exact) mass is 380 g/mol. The molecule has 0 amide bonds. The Bertz CT molecular complexity index is 1210. The standard InChI is InChI=1S/C20H12S4/c1-9-6-7-11-13(8-9)19-15-16-17(11)21-24-20(16)14-10(2)4-3-5-12(14)18(15)22-23-19/h3-8H,1-2H3. The highest BCUT2D eigenvalue weighted by molar-refractivity contribution is 8.78. The normalized spacial score (nSPS) is 15.2. The molecular formula is C20H12S4. The summed E-state index contributed by atoms with van der Waals surface area (Å²) in [7, 11) is 7.80. The summed E-state index contributed by atoms with van der Waals surface area (Å²) in [6.45, 7) is 4.44. The average Bonchev–Trinajstić information content (AvgIpc) is 3.18. The molecule has 4 heteroatoms. The Balaban J connectivity index is 1.99. The average molecular weight is 381 g/mol. The minimum atomic E-state index is 1.34. The lowest BCUT2D eigenvalue weighted by Crippen LogP contribution is -1.88. The van der Waals surface area contributed by atoms with E-state index < -0.39 is 0 Å². The van der Waals surface area contributed by atoms with Crippen LogP contribution in [0.25, 0.3) is 32.3 Å². The van der Waals surface area contributed by atoms with Crippen LogP contribution in [-0.4, -0.2) is 0 Å². The highest BCUT2D eigenvalue weighted by atomic mass is 33.1. The van der Waals surface area contributed by atoms with Crippen LogP contribution in [0.4, 0.5) is 0 Å². The van der Waals surface area contributed by atoms with Gasteiger partial charge < -0.3 is 0 Å². The van der Waals surface area contributed by atoms with Crippen molar-refractivity contribution in [3.8, 4) is 0 Å². The number of aryl methyl sites for hydroxylation is 2. The van der Waals surface area contributed by atoms with Gasteiger partial charge in [0, 0.05) is 35.7 Å². The van der Waals surface area contributed by atoms with Gasteiger partial charge in [0.15, 0.2) is 0 Å². The van der Waals surface area contributed by atoms with Crippen molar-refractivity contribution in [2.75, 3.05) is 0 Å². The van der Waals surface area contributed by atoms with E-state index in [1.807, 2.05) is 43.2 Å². The van der Waals surface area contributed by atoms with E-state index in [0.717, 1.165) is 0 Å². The van der Waals surface area contributed by atoms with Gasteiger partial charge in [0.2, 0.25) is 0 Å². The van der Waals surface area contributed by atoms with Crippen LogP contribution in [-0.2, 0) is 0 Å². The van der Waals surface area contributed by atoms with Crippen LogP contribution in [0, 0.1) is 13.8 Å². The molecule has 0 nitrogen and oxygen atoms in total. The molecule has 0 N–H and O–H groups in total. The van der Waals surface area contributed by atoms with E-state index >= 15 is 0 Å². The molecule has 116 valence electrons. The summed E-state index contributed by atoms with van der Waals surface area (Å²) in [5.74, 6) is 0. The maximum atomic E-state index is 2.37. The van der Waals surface area contributed by atoms with E-state index in [0.29, 0.717) is 0 Å². The first-order valence-electron chi connectivity index (χ1n) is 7.88. The summed E-state index contributed by atoms with van der Waals surface area (Å²) in [5.41, 5.74) is 2.74. The van der Waals surface area contributed by atoms with Crippen molar-refractivity contribution in [1.29, 1.82) is 0 Å². The lowest BCUT2D eigenvalue weighted by atomic mass is 9.96. The largest absolute Gasteiger partial charge is 0.0613 e. The van der Waals surface area contributed by atoms with Crippen molar-refractivity contribution in [2.45, 2.75) is 33.4 Å². The molecule has 4 aromatic carbocycles. The molecule has 0 fully saturated rings. The van der Waals surface area contributed by atoms with E-state index in [1.54, 1.807) is 0 Å². The minimum Gasteiger partial charge on any atom is -0.0613 e. The van der Waals surface area contributed by atoms with Gasteiger partial charge in [-0.1, -0.05) is 85.1 Å². The van der Waals surface area contributed by atoms with Gasteiger partial charge in [0.1, 0.15) is 0 Å². The zero-order valence-electron chi connectivity index (χ0n) is 13.1. The molecule has 0 spiro atoms. The van der Waals surface area contributed by atoms with E-state index in [9.17, 15) is 0 Å². The second-order valence-electron chi connectivity index (χ2n) is 6.45. The molecular weight excluding hydrogens is 368 g/mol. The van der Waals surface area contributed by atoms with Gasteiger partial charge in [-0.3, -0.25) is 0 Å². The molecule has 0 saturated carbocycles. The highest BCUT2D eigenvalue weighted by Crippen LogP contribution is 2.65. The number of hydrogen-bond acceptors (Lipinski definition) is 4. The molecule has 0 radical (unpaired) electrons. The smallest absolute Gasteiger partial charge is 0.0358 e. The van der Waals surface area contributed by atoms with Crippen LogP contribution in [0.15, 0.2) is 56.0 Å². The van der Waals surface area contributed by atoms with Crippen LogP contribution >= 0.6 is 43.2 Å². The number of fused-ring (bicyclic) bond motifs is 6. The van der Waals surface area contributed by atoms with E-state index in [1.165, 1.54) is 63.0 Å². The molecule has 24 heavy (non-hydrogen) atoms. The first-order chi connectivity index (χ1) is 11.7. The summed E-state index contributed by atoms with van der Waals surface area (Å²) in [6, 6.07) is 13.7. The van der Waals surface area contributed by atoms with Crippen molar-refractivity contribution in [1.82, 2.24) is 0 Å². The van der Waals surface area contributed by atoms with Gasteiger partial charge in [-0.2, -0.15) is 0 Å². The summed E-state index contributed by atoms with van der Waals surface area (Å²) >= 11 is 0. The third kappa shape index (κ3) is 1.63. The second-order valence-corrected chi connectivity index (χ2v) is 10.7. The Morgan fingerprint density at radius 2 is 1.25 bits per heavy atom. The fraction of sp³-hybridized carbons (Fsp3) is 0.100. The molecule has 0 bridgehead atoms. The van der Waals surface area contributed by atoms with Crippen LogP contribution in [0.2, 0.25) is 0 Å². The van der Waals surface area contributed by atoms with Gasteiger partial charge >= 0.3 is 0 Å². The highest BCUT2D eigenvalue weighted by Gasteiger charge is 2.31. The van der Waals surface area contributed by atoms with Crippen molar-refractivity contribution >= 4 is 75.5 Å². The Kier molecular flexibility index (Phi) is 2.86. The topological polar surface area (TPSA) is 0 Å². The van der Waals surface area contributed by atoms with Crippen LogP contribution in [0.1, 0.15) is 11.1 Å². The van der Waals surface area contributed by atoms with Crippen molar-refractivity contribution < 1.29 is 0 Å². The van der Waals surface area contributed by atoms with Gasteiger partial charge in [-0.05, 0) is 35.6 Å². The lowest BCUT2D eigenvalue weighted by molar-refractivity contribution is 1.41. The molecule has 2 aliphatic rings. The summed E-state index contributed by atoms with van der Waals surface area (Å²) < 4.78 is 0. The van der Waals surface area contributed by atoms with Crippen LogP contribution in [0.3, 0.4) is 0 Å². The fourth-order valence-electron chi connectivity index (χ4n) is 3.90. The molecule has 0 unspecified atom stereocenters. The van der Waals surface area contributed by atoms with Crippen LogP contribution in [0.5, 0.6) is 0 Å². The van der Waals surface area contributed by atoms with E-state index in [4.69, 9.17) is 0 Å². The first-order valence-corrected chi connectivity index (χ1v) is 12.2. The Labute approximate surface area is 155 Å². The van der Waals surface area contributed by atoms with E-state index in [-0.39, 0.29) is 0 Å². The Hall–Kier alpha value is -0.940. The maximum Gasteiger partial charge on any atom is 0.0358 e. The van der Waals surface area contributed by atoms with Gasteiger partial charge in [0.25, 0.3) is 0 Å². The molecule has 4 aromatic rings. The van der Waals surface area contributed by atoms with Gasteiger partial charge in [-0.15, -0.1) is 0 Å². The van der Waals surface area contributed by atoms with Crippen molar-refractivity contribution in [3.63, 3.8) is 0 Å². The molecule has 2 aliphatic heterocycles. The zero-order chi connectivity index (χ0) is 16.0. The molecule has 2 heterocycles. The second kappa shape index (κ2) is 4.82. The Morgan fingerprint density at radius 3 is 2.08 bits per heavy atom. The maximum absolute atomic E-state index is 2.37. The minimum absolute atomic E-state index is 1.34. The molecule has 0 aromatic heterocycles. The van der Waals surface area contributed by atoms with Crippen molar-refractivity contribution in [3.05, 3.63) is 47.5 Å². The molecule has 0 aliphatic carbocycles. The summed E-state index contributed by atoms with van der Waals surface area (Å²) in [4.78, 5) is 5.90. The fourth-order valence-corrected chi connectivity index (χ4v) is 9.71.